The number of amides is 2. The molecule has 132 valence electrons. The van der Waals surface area contributed by atoms with Crippen LogP contribution in [-0.2, 0) is 15.3 Å². The van der Waals surface area contributed by atoms with Gasteiger partial charge < -0.3 is 14.9 Å². The van der Waals surface area contributed by atoms with E-state index in [9.17, 15) is 14.7 Å². The summed E-state index contributed by atoms with van der Waals surface area (Å²) in [5.41, 5.74) is 3.69. The molecule has 2 rings (SSSR count). The highest BCUT2D eigenvalue weighted by molar-refractivity contribution is 7.99. The summed E-state index contributed by atoms with van der Waals surface area (Å²) in [6, 6.07) is 6.43. The Balaban J connectivity index is 1.84. The minimum atomic E-state index is -0.676. The van der Waals surface area contributed by atoms with Gasteiger partial charge in [-0.05, 0) is 19.4 Å². The second kappa shape index (κ2) is 8.53. The van der Waals surface area contributed by atoms with E-state index in [0.717, 1.165) is 5.75 Å². The quantitative estimate of drug-likeness (QED) is 0.896. The Morgan fingerprint density at radius 1 is 1.12 bits per heavy atom. The van der Waals surface area contributed by atoms with Gasteiger partial charge in [-0.15, -0.1) is 11.8 Å². The number of β-amino-alcohol motifs (C(OH)–C–C–N with tert-alkyl or cyclic N) is 1. The molecule has 1 aromatic rings. The Kier molecular flexibility index (Phi) is 6.69. The number of nitrogens with zero attached hydrogens (tertiary/aromatic N) is 2. The van der Waals surface area contributed by atoms with E-state index in [0.29, 0.717) is 31.9 Å². The highest BCUT2D eigenvalue weighted by atomic mass is 32.2. The van der Waals surface area contributed by atoms with E-state index in [2.05, 4.69) is 32.0 Å². The topological polar surface area (TPSA) is 60.9 Å². The summed E-state index contributed by atoms with van der Waals surface area (Å²) in [7, 11) is 0. The largest absolute Gasteiger partial charge is 0.389 e. The Morgan fingerprint density at radius 3 is 2.33 bits per heavy atom. The molecule has 0 unspecified atom stereocenters. The Bertz CT molecular complexity index is 586. The monoisotopic (exact) mass is 350 g/mol. The zero-order valence-corrected chi connectivity index (χ0v) is 15.4. The predicted molar refractivity (Wildman–Crippen MR) is 96.9 cm³/mol. The number of carbonyl (C=O) groups is 2. The number of hydrogen-bond acceptors (Lipinski definition) is 4. The molecule has 1 heterocycles. The van der Waals surface area contributed by atoms with Gasteiger partial charge in [0.15, 0.2) is 0 Å². The summed E-state index contributed by atoms with van der Waals surface area (Å²) in [6.07, 6.45) is -0.676. The minimum Gasteiger partial charge on any atom is -0.389 e. The maximum absolute atomic E-state index is 12.4. The van der Waals surface area contributed by atoms with Crippen molar-refractivity contribution >= 4 is 23.6 Å². The molecule has 0 spiro atoms. The van der Waals surface area contributed by atoms with Gasteiger partial charge in [-0.3, -0.25) is 9.59 Å². The smallest absolute Gasteiger partial charge is 0.232 e. The third kappa shape index (κ3) is 5.53. The van der Waals surface area contributed by atoms with Crippen LogP contribution in [0, 0.1) is 13.8 Å². The summed E-state index contributed by atoms with van der Waals surface area (Å²) in [5, 5.41) is 10.00. The summed E-state index contributed by atoms with van der Waals surface area (Å²) < 4.78 is 0. The Labute approximate surface area is 148 Å². The van der Waals surface area contributed by atoms with Crippen molar-refractivity contribution in [2.45, 2.75) is 32.6 Å². The van der Waals surface area contributed by atoms with E-state index in [-0.39, 0.29) is 11.8 Å². The molecule has 1 fully saturated rings. The molecule has 0 aromatic heterocycles. The molecule has 6 heteroatoms. The molecule has 1 aliphatic rings. The van der Waals surface area contributed by atoms with Crippen LogP contribution in [0.15, 0.2) is 18.2 Å². The standard InChI is InChI=1S/C18H26N2O3S/c1-13-6-14(2)8-16(7-13)11-24-12-18(23)20-5-4-19(15(3)21)9-17(22)10-20/h6-8,17,22H,4-5,9-12H2,1-3H3/t17-/m0/s1. The van der Waals surface area contributed by atoms with Crippen LogP contribution < -0.4 is 0 Å². The first kappa shape index (κ1) is 18.8. The number of aliphatic hydroxyl groups is 1. The lowest BCUT2D eigenvalue weighted by molar-refractivity contribution is -0.130. The molecule has 1 atom stereocenters. The van der Waals surface area contributed by atoms with Crippen molar-refractivity contribution in [3.63, 3.8) is 0 Å². The van der Waals surface area contributed by atoms with Crippen molar-refractivity contribution in [1.82, 2.24) is 9.80 Å². The Morgan fingerprint density at radius 2 is 1.71 bits per heavy atom. The van der Waals surface area contributed by atoms with Gasteiger partial charge in [0.05, 0.1) is 11.9 Å². The van der Waals surface area contributed by atoms with Crippen molar-refractivity contribution in [3.8, 4) is 0 Å². The first-order chi connectivity index (χ1) is 11.3. The predicted octanol–water partition coefficient (Wildman–Crippen LogP) is 1.59. The molecule has 0 aliphatic carbocycles. The average molecular weight is 350 g/mol. The first-order valence-electron chi connectivity index (χ1n) is 8.21. The van der Waals surface area contributed by atoms with E-state index < -0.39 is 6.10 Å². The first-order valence-corrected chi connectivity index (χ1v) is 9.37. The fourth-order valence-electron chi connectivity index (χ4n) is 3.00. The molecular weight excluding hydrogens is 324 g/mol. The molecule has 5 nitrogen and oxygen atoms in total. The van der Waals surface area contributed by atoms with E-state index in [1.807, 2.05) is 0 Å². The van der Waals surface area contributed by atoms with Crippen molar-refractivity contribution in [3.05, 3.63) is 34.9 Å². The highest BCUT2D eigenvalue weighted by Gasteiger charge is 2.25. The Hall–Kier alpha value is -1.53. The van der Waals surface area contributed by atoms with Crippen LogP contribution in [0.3, 0.4) is 0 Å². The molecule has 24 heavy (non-hydrogen) atoms. The summed E-state index contributed by atoms with van der Waals surface area (Å²) in [4.78, 5) is 27.1. The van der Waals surface area contributed by atoms with Crippen molar-refractivity contribution < 1.29 is 14.7 Å². The van der Waals surface area contributed by atoms with Crippen molar-refractivity contribution in [2.24, 2.45) is 0 Å². The summed E-state index contributed by atoms with van der Waals surface area (Å²) in [6.45, 7) is 7.21. The van der Waals surface area contributed by atoms with E-state index in [1.165, 1.54) is 23.6 Å². The van der Waals surface area contributed by atoms with Gasteiger partial charge >= 0.3 is 0 Å². The maximum Gasteiger partial charge on any atom is 0.232 e. The van der Waals surface area contributed by atoms with Crippen LogP contribution in [0.25, 0.3) is 0 Å². The van der Waals surface area contributed by atoms with Crippen LogP contribution in [0.4, 0.5) is 0 Å². The van der Waals surface area contributed by atoms with Gasteiger partial charge in [-0.25, -0.2) is 0 Å². The molecule has 1 aromatic carbocycles. The van der Waals surface area contributed by atoms with Gasteiger partial charge in [0.1, 0.15) is 0 Å². The maximum atomic E-state index is 12.4. The second-order valence-electron chi connectivity index (χ2n) is 6.45. The fraction of sp³-hybridized carbons (Fsp3) is 0.556. The van der Waals surface area contributed by atoms with E-state index in [4.69, 9.17) is 0 Å². The van der Waals surface area contributed by atoms with Gasteiger partial charge in [0.25, 0.3) is 0 Å². The second-order valence-corrected chi connectivity index (χ2v) is 7.43. The molecule has 1 aliphatic heterocycles. The van der Waals surface area contributed by atoms with Crippen LogP contribution >= 0.6 is 11.8 Å². The normalized spacial score (nSPS) is 18.4. The summed E-state index contributed by atoms with van der Waals surface area (Å²) in [5.74, 6) is 1.14. The zero-order valence-electron chi connectivity index (χ0n) is 14.6. The van der Waals surface area contributed by atoms with E-state index >= 15 is 0 Å². The van der Waals surface area contributed by atoms with Crippen molar-refractivity contribution in [1.29, 1.82) is 0 Å². The van der Waals surface area contributed by atoms with Crippen molar-refractivity contribution in [2.75, 3.05) is 31.9 Å². The number of thioether (sulfide) groups is 1. The SMILES string of the molecule is CC(=O)N1CCN(C(=O)CSCc2cc(C)cc(C)c2)C[C@@H](O)C1. The number of benzene rings is 1. The van der Waals surface area contributed by atoms with Gasteiger partial charge in [0.2, 0.25) is 11.8 Å². The number of carbonyl (C=O) groups excluding carboxylic acids is 2. The number of aliphatic hydroxyl groups excluding tert-OH is 1. The molecule has 0 bridgehead atoms. The summed E-state index contributed by atoms with van der Waals surface area (Å²) >= 11 is 1.59. The minimum absolute atomic E-state index is 0.0221. The lowest BCUT2D eigenvalue weighted by atomic mass is 10.1. The van der Waals surface area contributed by atoms with Crippen LogP contribution in [0.5, 0.6) is 0 Å². The molecule has 0 saturated carbocycles. The van der Waals surface area contributed by atoms with Gasteiger partial charge in [-0.2, -0.15) is 0 Å². The molecule has 1 saturated heterocycles. The fourth-order valence-corrected chi connectivity index (χ4v) is 3.86. The van der Waals surface area contributed by atoms with Crippen LogP contribution in [0.1, 0.15) is 23.6 Å². The van der Waals surface area contributed by atoms with Crippen LogP contribution in [-0.4, -0.2) is 64.8 Å². The molecule has 2 amide bonds. The third-order valence-corrected chi connectivity index (χ3v) is 5.06. The average Bonchev–Trinajstić information content (AvgIpc) is 2.68. The van der Waals surface area contributed by atoms with E-state index in [1.54, 1.807) is 21.6 Å². The molecule has 1 N–H and O–H groups in total. The highest BCUT2D eigenvalue weighted by Crippen LogP contribution is 2.17. The third-order valence-electron chi connectivity index (χ3n) is 4.08. The van der Waals surface area contributed by atoms with Gasteiger partial charge in [0, 0.05) is 38.9 Å². The van der Waals surface area contributed by atoms with Crippen LogP contribution in [0.2, 0.25) is 0 Å². The lowest BCUT2D eigenvalue weighted by Gasteiger charge is -2.21. The molecular formula is C18H26N2O3S. The molecule has 0 radical (unpaired) electrons. The number of hydrogen-bond donors (Lipinski definition) is 1. The van der Waals surface area contributed by atoms with Gasteiger partial charge in [-0.1, -0.05) is 29.3 Å². The number of aryl methyl sites for hydroxylation is 2. The zero-order chi connectivity index (χ0) is 17.7. The lowest BCUT2D eigenvalue weighted by Crippen LogP contribution is -2.38. The number of rotatable bonds is 4.